The van der Waals surface area contributed by atoms with Gasteiger partial charge < -0.3 is 0 Å². The Balaban J connectivity index is 2.33. The SMILES string of the molecule is CC(C)(C)CC(C)(C)c1ccccc1N=Nc1ccccc1. The van der Waals surface area contributed by atoms with Crippen molar-refractivity contribution >= 4 is 11.4 Å². The predicted molar refractivity (Wildman–Crippen MR) is 94.2 cm³/mol. The molecule has 0 aromatic heterocycles. The molecule has 0 aliphatic carbocycles. The molecule has 0 unspecified atom stereocenters. The zero-order chi connectivity index (χ0) is 16.2. The molecule has 0 fully saturated rings. The maximum Gasteiger partial charge on any atom is 0.0894 e. The highest BCUT2D eigenvalue weighted by molar-refractivity contribution is 5.50. The van der Waals surface area contributed by atoms with E-state index in [-0.39, 0.29) is 10.8 Å². The van der Waals surface area contributed by atoms with Gasteiger partial charge in [-0.25, -0.2) is 0 Å². The molecule has 116 valence electrons. The second-order valence-corrected chi connectivity index (χ2v) is 7.67. The van der Waals surface area contributed by atoms with Crippen molar-refractivity contribution in [2.75, 3.05) is 0 Å². The van der Waals surface area contributed by atoms with E-state index in [0.717, 1.165) is 17.8 Å². The van der Waals surface area contributed by atoms with Crippen LogP contribution in [0.5, 0.6) is 0 Å². The van der Waals surface area contributed by atoms with E-state index in [1.54, 1.807) is 0 Å². The van der Waals surface area contributed by atoms with Gasteiger partial charge in [-0.3, -0.25) is 0 Å². The summed E-state index contributed by atoms with van der Waals surface area (Å²) in [5.74, 6) is 0. The van der Waals surface area contributed by atoms with Gasteiger partial charge in [0.1, 0.15) is 0 Å². The van der Waals surface area contributed by atoms with E-state index in [2.05, 4.69) is 57.0 Å². The highest BCUT2D eigenvalue weighted by Crippen LogP contribution is 2.40. The molecular weight excluding hydrogens is 268 g/mol. The normalized spacial score (nSPS) is 12.8. The molecule has 2 aromatic carbocycles. The van der Waals surface area contributed by atoms with Gasteiger partial charge in [0.05, 0.1) is 11.4 Å². The van der Waals surface area contributed by atoms with Crippen LogP contribution in [0.25, 0.3) is 0 Å². The minimum Gasteiger partial charge on any atom is -0.151 e. The summed E-state index contributed by atoms with van der Waals surface area (Å²) in [5.41, 5.74) is 3.42. The van der Waals surface area contributed by atoms with Gasteiger partial charge in [0.15, 0.2) is 0 Å². The minimum absolute atomic E-state index is 0.0601. The van der Waals surface area contributed by atoms with Crippen LogP contribution in [0.4, 0.5) is 11.4 Å². The second kappa shape index (κ2) is 6.43. The first-order chi connectivity index (χ1) is 10.3. The van der Waals surface area contributed by atoms with Crippen LogP contribution in [0.1, 0.15) is 46.6 Å². The minimum atomic E-state index is 0.0601. The van der Waals surface area contributed by atoms with Gasteiger partial charge in [0.25, 0.3) is 0 Å². The molecule has 0 aliphatic rings. The molecule has 0 N–H and O–H groups in total. The lowest BCUT2D eigenvalue weighted by molar-refractivity contribution is 0.284. The number of benzene rings is 2. The van der Waals surface area contributed by atoms with E-state index in [1.165, 1.54) is 5.56 Å². The molecule has 0 aliphatic heterocycles. The Labute approximate surface area is 134 Å². The Bertz CT molecular complexity index is 634. The lowest BCUT2D eigenvalue weighted by Crippen LogP contribution is -2.24. The highest BCUT2D eigenvalue weighted by Gasteiger charge is 2.29. The van der Waals surface area contributed by atoms with Gasteiger partial charge in [-0.15, -0.1) is 0 Å². The van der Waals surface area contributed by atoms with Gasteiger partial charge in [-0.05, 0) is 41.0 Å². The number of nitrogens with zero attached hydrogens (tertiary/aromatic N) is 2. The first kappa shape index (κ1) is 16.4. The molecule has 2 aromatic rings. The third-order valence-corrected chi connectivity index (χ3v) is 3.63. The molecule has 0 radical (unpaired) electrons. The fraction of sp³-hybridized carbons (Fsp3) is 0.400. The summed E-state index contributed by atoms with van der Waals surface area (Å²) in [7, 11) is 0. The summed E-state index contributed by atoms with van der Waals surface area (Å²) in [4.78, 5) is 0. The number of rotatable bonds is 4. The molecule has 0 bridgehead atoms. The van der Waals surface area contributed by atoms with E-state index in [9.17, 15) is 0 Å². The lowest BCUT2D eigenvalue weighted by Gasteiger charge is -2.33. The summed E-state index contributed by atoms with van der Waals surface area (Å²) in [6, 6.07) is 18.2. The van der Waals surface area contributed by atoms with Crippen molar-refractivity contribution in [2.24, 2.45) is 15.6 Å². The van der Waals surface area contributed by atoms with E-state index in [0.29, 0.717) is 0 Å². The zero-order valence-electron chi connectivity index (χ0n) is 14.3. The molecule has 0 saturated heterocycles. The van der Waals surface area contributed by atoms with Gasteiger partial charge >= 0.3 is 0 Å². The third-order valence-electron chi connectivity index (χ3n) is 3.63. The average molecular weight is 294 g/mol. The first-order valence-electron chi connectivity index (χ1n) is 7.84. The van der Waals surface area contributed by atoms with Crippen molar-refractivity contribution in [3.8, 4) is 0 Å². The molecule has 0 atom stereocenters. The fourth-order valence-electron chi connectivity index (χ4n) is 3.16. The van der Waals surface area contributed by atoms with Gasteiger partial charge in [-0.2, -0.15) is 10.2 Å². The maximum atomic E-state index is 4.50. The monoisotopic (exact) mass is 294 g/mol. The van der Waals surface area contributed by atoms with Crippen LogP contribution >= 0.6 is 0 Å². The van der Waals surface area contributed by atoms with E-state index < -0.39 is 0 Å². The number of hydrogen-bond donors (Lipinski definition) is 0. The van der Waals surface area contributed by atoms with E-state index >= 15 is 0 Å². The summed E-state index contributed by atoms with van der Waals surface area (Å²) < 4.78 is 0. The Morgan fingerprint density at radius 2 is 1.32 bits per heavy atom. The molecule has 0 spiro atoms. The van der Waals surface area contributed by atoms with Crippen molar-refractivity contribution in [2.45, 2.75) is 46.5 Å². The second-order valence-electron chi connectivity index (χ2n) is 7.67. The summed E-state index contributed by atoms with van der Waals surface area (Å²) in [6.07, 6.45) is 1.10. The maximum absolute atomic E-state index is 4.50. The van der Waals surface area contributed by atoms with Crippen LogP contribution in [-0.4, -0.2) is 0 Å². The van der Waals surface area contributed by atoms with Crippen LogP contribution in [-0.2, 0) is 5.41 Å². The summed E-state index contributed by atoms with van der Waals surface area (Å²) in [5, 5.41) is 8.87. The van der Waals surface area contributed by atoms with Crippen LogP contribution in [0, 0.1) is 5.41 Å². The van der Waals surface area contributed by atoms with Crippen molar-refractivity contribution in [3.05, 3.63) is 60.2 Å². The highest BCUT2D eigenvalue weighted by atomic mass is 15.1. The van der Waals surface area contributed by atoms with Gasteiger partial charge in [0, 0.05) is 0 Å². The van der Waals surface area contributed by atoms with Crippen molar-refractivity contribution in [3.63, 3.8) is 0 Å². The largest absolute Gasteiger partial charge is 0.151 e. The Morgan fingerprint density at radius 3 is 1.95 bits per heavy atom. The van der Waals surface area contributed by atoms with Gasteiger partial charge in [0.2, 0.25) is 0 Å². The number of hydrogen-bond acceptors (Lipinski definition) is 2. The van der Waals surface area contributed by atoms with Gasteiger partial charge in [-0.1, -0.05) is 71.0 Å². The summed E-state index contributed by atoms with van der Waals surface area (Å²) in [6.45, 7) is 11.4. The molecule has 22 heavy (non-hydrogen) atoms. The Hall–Kier alpha value is -1.96. The average Bonchev–Trinajstić information content (AvgIpc) is 2.44. The summed E-state index contributed by atoms with van der Waals surface area (Å²) >= 11 is 0. The van der Waals surface area contributed by atoms with Crippen molar-refractivity contribution in [1.29, 1.82) is 0 Å². The van der Waals surface area contributed by atoms with Crippen LogP contribution < -0.4 is 0 Å². The molecule has 0 heterocycles. The van der Waals surface area contributed by atoms with E-state index in [1.807, 2.05) is 42.5 Å². The predicted octanol–water partition coefficient (Wildman–Crippen LogP) is 6.82. The Kier molecular flexibility index (Phi) is 4.80. The number of azo groups is 1. The molecule has 0 saturated carbocycles. The molecular formula is C20H26N2. The quantitative estimate of drug-likeness (QED) is 0.553. The van der Waals surface area contributed by atoms with Crippen LogP contribution in [0.3, 0.4) is 0 Å². The van der Waals surface area contributed by atoms with Crippen molar-refractivity contribution < 1.29 is 0 Å². The zero-order valence-corrected chi connectivity index (χ0v) is 14.3. The smallest absolute Gasteiger partial charge is 0.0894 e. The van der Waals surface area contributed by atoms with E-state index in [4.69, 9.17) is 0 Å². The topological polar surface area (TPSA) is 24.7 Å². The fourth-order valence-corrected chi connectivity index (χ4v) is 3.16. The molecule has 2 nitrogen and oxygen atoms in total. The lowest BCUT2D eigenvalue weighted by atomic mass is 9.72. The molecule has 0 amide bonds. The van der Waals surface area contributed by atoms with Crippen LogP contribution in [0.15, 0.2) is 64.8 Å². The van der Waals surface area contributed by atoms with Crippen LogP contribution in [0.2, 0.25) is 0 Å². The molecule has 2 heteroatoms. The third kappa shape index (κ3) is 4.52. The standard InChI is InChI=1S/C20H26N2/c1-19(2,3)15-20(4,5)17-13-9-10-14-18(17)22-21-16-11-7-6-8-12-16/h6-14H,15H2,1-5H3. The Morgan fingerprint density at radius 1 is 0.727 bits per heavy atom. The van der Waals surface area contributed by atoms with Crippen molar-refractivity contribution in [1.82, 2.24) is 0 Å². The first-order valence-corrected chi connectivity index (χ1v) is 7.84. The molecule has 2 rings (SSSR count).